The zero-order valence-corrected chi connectivity index (χ0v) is 7.82. The Kier molecular flexibility index (Phi) is 3.09. The van der Waals surface area contributed by atoms with Gasteiger partial charge in [-0.05, 0) is 25.5 Å². The Labute approximate surface area is 71.7 Å². The second-order valence-corrected chi connectivity index (χ2v) is 4.07. The largest absolute Gasteiger partial charge is 0.388 e. The first-order chi connectivity index (χ1) is 5.24. The highest BCUT2D eigenvalue weighted by atomic mass is 32.1. The first-order valence-electron chi connectivity index (χ1n) is 3.98. The quantitative estimate of drug-likeness (QED) is 0.739. The maximum atomic E-state index is 9.54. The Balaban J connectivity index is 2.60. The van der Waals surface area contributed by atoms with Crippen molar-refractivity contribution in [1.29, 1.82) is 0 Å². The van der Waals surface area contributed by atoms with Gasteiger partial charge in [-0.3, -0.25) is 0 Å². The van der Waals surface area contributed by atoms with Crippen LogP contribution in [0.15, 0.2) is 12.1 Å². The van der Waals surface area contributed by atoms with Crippen molar-refractivity contribution in [2.45, 2.75) is 32.8 Å². The third-order valence-electron chi connectivity index (χ3n) is 1.65. The molecular weight excluding hydrogens is 156 g/mol. The molecule has 0 aromatic carbocycles. The van der Waals surface area contributed by atoms with Crippen molar-refractivity contribution < 1.29 is 5.11 Å². The van der Waals surface area contributed by atoms with Gasteiger partial charge in [0.2, 0.25) is 0 Å². The zero-order chi connectivity index (χ0) is 8.27. The molecule has 1 aromatic rings. The SMILES string of the molecule is CCCC(O)c1ccc(C)s1. The Bertz CT molecular complexity index is 217. The van der Waals surface area contributed by atoms with Gasteiger partial charge in [0.05, 0.1) is 6.10 Å². The van der Waals surface area contributed by atoms with E-state index in [0.717, 1.165) is 17.7 Å². The molecule has 1 atom stereocenters. The molecule has 1 unspecified atom stereocenters. The summed E-state index contributed by atoms with van der Waals surface area (Å²) in [5.74, 6) is 0. The summed E-state index contributed by atoms with van der Waals surface area (Å²) in [7, 11) is 0. The Hall–Kier alpha value is -0.340. The minimum Gasteiger partial charge on any atom is -0.388 e. The molecule has 0 aliphatic rings. The van der Waals surface area contributed by atoms with Crippen LogP contribution in [0, 0.1) is 6.92 Å². The van der Waals surface area contributed by atoms with E-state index >= 15 is 0 Å². The molecule has 0 spiro atoms. The molecule has 0 amide bonds. The lowest BCUT2D eigenvalue weighted by molar-refractivity contribution is 0.170. The van der Waals surface area contributed by atoms with E-state index in [1.165, 1.54) is 4.88 Å². The number of thiophene rings is 1. The summed E-state index contributed by atoms with van der Waals surface area (Å²) >= 11 is 1.69. The fourth-order valence-electron chi connectivity index (χ4n) is 1.05. The average molecular weight is 170 g/mol. The molecule has 0 aliphatic heterocycles. The van der Waals surface area contributed by atoms with Crippen molar-refractivity contribution in [2.24, 2.45) is 0 Å². The molecule has 1 heterocycles. The lowest BCUT2D eigenvalue weighted by Crippen LogP contribution is -1.91. The summed E-state index contributed by atoms with van der Waals surface area (Å²) in [6, 6.07) is 4.07. The number of hydrogen-bond donors (Lipinski definition) is 1. The van der Waals surface area contributed by atoms with Gasteiger partial charge in [0, 0.05) is 9.75 Å². The second kappa shape index (κ2) is 3.88. The third-order valence-corrected chi connectivity index (χ3v) is 2.75. The Morgan fingerprint density at radius 1 is 1.55 bits per heavy atom. The molecule has 0 fully saturated rings. The number of hydrogen-bond acceptors (Lipinski definition) is 2. The van der Waals surface area contributed by atoms with Gasteiger partial charge in [0.1, 0.15) is 0 Å². The summed E-state index contributed by atoms with van der Waals surface area (Å²) in [6.07, 6.45) is 1.68. The fraction of sp³-hybridized carbons (Fsp3) is 0.556. The summed E-state index contributed by atoms with van der Waals surface area (Å²) < 4.78 is 0. The number of aliphatic hydroxyl groups is 1. The number of rotatable bonds is 3. The van der Waals surface area contributed by atoms with Gasteiger partial charge < -0.3 is 5.11 Å². The van der Waals surface area contributed by atoms with E-state index < -0.39 is 0 Å². The molecule has 11 heavy (non-hydrogen) atoms. The summed E-state index contributed by atoms with van der Waals surface area (Å²) in [5.41, 5.74) is 0. The van der Waals surface area contributed by atoms with Crippen LogP contribution >= 0.6 is 11.3 Å². The molecule has 62 valence electrons. The topological polar surface area (TPSA) is 20.2 Å². The van der Waals surface area contributed by atoms with Crippen LogP contribution in [0.5, 0.6) is 0 Å². The van der Waals surface area contributed by atoms with Crippen LogP contribution in [-0.4, -0.2) is 5.11 Å². The summed E-state index contributed by atoms with van der Waals surface area (Å²) in [6.45, 7) is 4.15. The smallest absolute Gasteiger partial charge is 0.0882 e. The van der Waals surface area contributed by atoms with Gasteiger partial charge in [-0.2, -0.15) is 0 Å². The molecule has 0 saturated carbocycles. The van der Waals surface area contributed by atoms with Crippen LogP contribution in [0.1, 0.15) is 35.6 Å². The monoisotopic (exact) mass is 170 g/mol. The Morgan fingerprint density at radius 3 is 2.73 bits per heavy atom. The first-order valence-corrected chi connectivity index (χ1v) is 4.80. The second-order valence-electron chi connectivity index (χ2n) is 2.75. The maximum Gasteiger partial charge on any atom is 0.0882 e. The number of aliphatic hydroxyl groups excluding tert-OH is 1. The predicted octanol–water partition coefficient (Wildman–Crippen LogP) is 2.89. The van der Waals surface area contributed by atoms with Crippen LogP contribution in [0.3, 0.4) is 0 Å². The summed E-state index contributed by atoms with van der Waals surface area (Å²) in [5, 5.41) is 9.54. The first kappa shape index (κ1) is 8.75. The highest BCUT2D eigenvalue weighted by Crippen LogP contribution is 2.25. The molecule has 0 radical (unpaired) electrons. The van der Waals surface area contributed by atoms with Gasteiger partial charge in [-0.25, -0.2) is 0 Å². The van der Waals surface area contributed by atoms with Crippen LogP contribution in [0.25, 0.3) is 0 Å². The van der Waals surface area contributed by atoms with Crippen molar-refractivity contribution in [3.05, 3.63) is 21.9 Å². The Morgan fingerprint density at radius 2 is 2.27 bits per heavy atom. The molecule has 0 bridgehead atoms. The van der Waals surface area contributed by atoms with Gasteiger partial charge in [0.25, 0.3) is 0 Å². The van der Waals surface area contributed by atoms with Crippen LogP contribution in [0.2, 0.25) is 0 Å². The lowest BCUT2D eigenvalue weighted by atomic mass is 10.2. The number of aryl methyl sites for hydroxylation is 1. The van der Waals surface area contributed by atoms with E-state index in [4.69, 9.17) is 0 Å². The molecule has 1 N–H and O–H groups in total. The normalized spacial score (nSPS) is 13.4. The van der Waals surface area contributed by atoms with Crippen molar-refractivity contribution in [3.63, 3.8) is 0 Å². The van der Waals surface area contributed by atoms with Crippen molar-refractivity contribution >= 4 is 11.3 Å². The minimum atomic E-state index is -0.237. The van der Waals surface area contributed by atoms with Crippen LogP contribution < -0.4 is 0 Å². The van der Waals surface area contributed by atoms with E-state index in [0.29, 0.717) is 0 Å². The molecule has 1 rings (SSSR count). The maximum absolute atomic E-state index is 9.54. The van der Waals surface area contributed by atoms with Crippen LogP contribution in [0.4, 0.5) is 0 Å². The molecule has 1 aromatic heterocycles. The van der Waals surface area contributed by atoms with Crippen LogP contribution in [-0.2, 0) is 0 Å². The molecule has 2 heteroatoms. The molecule has 0 saturated heterocycles. The van der Waals surface area contributed by atoms with E-state index in [1.807, 2.05) is 6.07 Å². The lowest BCUT2D eigenvalue weighted by Gasteiger charge is -2.04. The highest BCUT2D eigenvalue weighted by molar-refractivity contribution is 7.11. The predicted molar refractivity (Wildman–Crippen MR) is 48.9 cm³/mol. The zero-order valence-electron chi connectivity index (χ0n) is 7.00. The summed E-state index contributed by atoms with van der Waals surface area (Å²) in [4.78, 5) is 2.37. The van der Waals surface area contributed by atoms with E-state index in [9.17, 15) is 5.11 Å². The molecule has 0 aliphatic carbocycles. The molecule has 1 nitrogen and oxygen atoms in total. The van der Waals surface area contributed by atoms with Gasteiger partial charge >= 0.3 is 0 Å². The highest BCUT2D eigenvalue weighted by Gasteiger charge is 2.07. The van der Waals surface area contributed by atoms with Gasteiger partial charge in [-0.1, -0.05) is 13.3 Å². The third kappa shape index (κ3) is 2.31. The van der Waals surface area contributed by atoms with Crippen molar-refractivity contribution in [2.75, 3.05) is 0 Å². The fourth-order valence-corrected chi connectivity index (χ4v) is 1.95. The van der Waals surface area contributed by atoms with Gasteiger partial charge in [-0.15, -0.1) is 11.3 Å². The van der Waals surface area contributed by atoms with Gasteiger partial charge in [0.15, 0.2) is 0 Å². The van der Waals surface area contributed by atoms with Crippen molar-refractivity contribution in [1.82, 2.24) is 0 Å². The molecular formula is C9H14OS. The standard InChI is InChI=1S/C9H14OS/c1-3-4-8(10)9-6-5-7(2)11-9/h5-6,8,10H,3-4H2,1-2H3. The van der Waals surface area contributed by atoms with E-state index in [2.05, 4.69) is 19.9 Å². The van der Waals surface area contributed by atoms with Crippen molar-refractivity contribution in [3.8, 4) is 0 Å². The average Bonchev–Trinajstić information content (AvgIpc) is 2.36. The van der Waals surface area contributed by atoms with E-state index in [-0.39, 0.29) is 6.10 Å². The minimum absolute atomic E-state index is 0.237. The van der Waals surface area contributed by atoms with E-state index in [1.54, 1.807) is 11.3 Å².